The van der Waals surface area contributed by atoms with Gasteiger partial charge in [0.1, 0.15) is 0 Å². The number of hydrogen-bond donors (Lipinski definition) is 2. The number of para-hydroxylation sites is 1. The van der Waals surface area contributed by atoms with E-state index in [1.807, 2.05) is 37.5 Å². The Kier molecular flexibility index (Phi) is 3.09. The van der Waals surface area contributed by atoms with Gasteiger partial charge in [-0.1, -0.05) is 18.2 Å². The maximum Gasteiger partial charge on any atom is 0.318 e. The van der Waals surface area contributed by atoms with Crippen molar-refractivity contribution in [3.63, 3.8) is 0 Å². The molecule has 5 nitrogen and oxygen atoms in total. The fraction of sp³-hybridized carbons (Fsp3) is 0.167. The number of hydrogen-bond acceptors (Lipinski definition) is 2. The van der Waals surface area contributed by atoms with Crippen LogP contribution >= 0.6 is 0 Å². The molecule has 1 aromatic heterocycles. The van der Waals surface area contributed by atoms with E-state index in [1.165, 1.54) is 0 Å². The van der Waals surface area contributed by atoms with Crippen molar-refractivity contribution >= 4 is 11.7 Å². The molecule has 0 bridgehead atoms. The van der Waals surface area contributed by atoms with Gasteiger partial charge in [-0.15, -0.1) is 0 Å². The third kappa shape index (κ3) is 2.44. The smallest absolute Gasteiger partial charge is 0.318 e. The second-order valence-electron chi connectivity index (χ2n) is 3.65. The first kappa shape index (κ1) is 11.2. The van der Waals surface area contributed by atoms with E-state index in [4.69, 9.17) is 0 Å². The third-order valence-corrected chi connectivity index (χ3v) is 2.42. The van der Waals surface area contributed by atoms with Crippen LogP contribution in [0.5, 0.6) is 0 Å². The predicted molar refractivity (Wildman–Crippen MR) is 66.7 cm³/mol. The van der Waals surface area contributed by atoms with Gasteiger partial charge in [0, 0.05) is 31.4 Å². The highest BCUT2D eigenvalue weighted by Gasteiger charge is 2.08. The standard InChI is InChI=1S/C12H14N4O/c1-13-12(17)15-11-6-4-3-5-10(11)9-7-14-16(2)8-9/h3-8H,1-2H3,(H2,13,15,17). The lowest BCUT2D eigenvalue weighted by atomic mass is 10.1. The van der Waals surface area contributed by atoms with Gasteiger partial charge < -0.3 is 10.6 Å². The molecule has 2 N–H and O–H groups in total. The van der Waals surface area contributed by atoms with Crippen molar-refractivity contribution in [3.8, 4) is 11.1 Å². The lowest BCUT2D eigenvalue weighted by Crippen LogP contribution is -2.24. The number of carbonyl (C=O) groups is 1. The quantitative estimate of drug-likeness (QED) is 0.827. The first-order valence-electron chi connectivity index (χ1n) is 5.27. The zero-order chi connectivity index (χ0) is 12.3. The summed E-state index contributed by atoms with van der Waals surface area (Å²) in [4.78, 5) is 11.3. The van der Waals surface area contributed by atoms with E-state index in [2.05, 4.69) is 15.7 Å². The lowest BCUT2D eigenvalue weighted by molar-refractivity contribution is 0.254. The van der Waals surface area contributed by atoms with Gasteiger partial charge in [0.25, 0.3) is 0 Å². The summed E-state index contributed by atoms with van der Waals surface area (Å²) in [5.74, 6) is 0. The molecule has 88 valence electrons. The SMILES string of the molecule is CNC(=O)Nc1ccccc1-c1cnn(C)c1. The number of amides is 2. The highest BCUT2D eigenvalue weighted by molar-refractivity contribution is 5.94. The van der Waals surface area contributed by atoms with Gasteiger partial charge in [-0.25, -0.2) is 4.79 Å². The molecule has 5 heteroatoms. The normalized spacial score (nSPS) is 10.0. The maximum absolute atomic E-state index is 11.3. The van der Waals surface area contributed by atoms with E-state index in [0.717, 1.165) is 16.8 Å². The molecule has 17 heavy (non-hydrogen) atoms. The Labute approximate surface area is 99.5 Å². The van der Waals surface area contributed by atoms with Gasteiger partial charge in [-0.05, 0) is 6.07 Å². The van der Waals surface area contributed by atoms with Crippen LogP contribution < -0.4 is 10.6 Å². The van der Waals surface area contributed by atoms with Gasteiger partial charge >= 0.3 is 6.03 Å². The van der Waals surface area contributed by atoms with E-state index >= 15 is 0 Å². The van der Waals surface area contributed by atoms with Crippen molar-refractivity contribution in [2.75, 3.05) is 12.4 Å². The summed E-state index contributed by atoms with van der Waals surface area (Å²) in [6.45, 7) is 0. The Balaban J connectivity index is 2.37. The van der Waals surface area contributed by atoms with Gasteiger partial charge in [0.05, 0.1) is 11.9 Å². The minimum absolute atomic E-state index is 0.235. The minimum Gasteiger partial charge on any atom is -0.341 e. The number of aromatic nitrogens is 2. The molecule has 0 saturated carbocycles. The van der Waals surface area contributed by atoms with Gasteiger partial charge in [0.15, 0.2) is 0 Å². The molecule has 0 atom stereocenters. The molecule has 1 heterocycles. The molecule has 2 amide bonds. The number of anilines is 1. The molecule has 0 saturated heterocycles. The van der Waals surface area contributed by atoms with Crippen LogP contribution in [-0.4, -0.2) is 22.9 Å². The molecule has 0 radical (unpaired) electrons. The highest BCUT2D eigenvalue weighted by Crippen LogP contribution is 2.26. The van der Waals surface area contributed by atoms with Crippen LogP contribution in [0, 0.1) is 0 Å². The minimum atomic E-state index is -0.235. The Morgan fingerprint density at radius 1 is 1.35 bits per heavy atom. The van der Waals surface area contributed by atoms with Crippen molar-refractivity contribution in [2.45, 2.75) is 0 Å². The monoisotopic (exact) mass is 230 g/mol. The maximum atomic E-state index is 11.3. The van der Waals surface area contributed by atoms with Gasteiger partial charge in [-0.3, -0.25) is 4.68 Å². The Hall–Kier alpha value is -2.30. The number of benzene rings is 1. The second kappa shape index (κ2) is 4.69. The van der Waals surface area contributed by atoms with Gasteiger partial charge in [-0.2, -0.15) is 5.10 Å². The molecule has 1 aromatic carbocycles. The largest absolute Gasteiger partial charge is 0.341 e. The van der Waals surface area contributed by atoms with E-state index < -0.39 is 0 Å². The van der Waals surface area contributed by atoms with E-state index in [1.54, 1.807) is 17.9 Å². The average molecular weight is 230 g/mol. The summed E-state index contributed by atoms with van der Waals surface area (Å²) in [5.41, 5.74) is 2.68. The number of nitrogens with one attached hydrogen (secondary N) is 2. The number of urea groups is 1. The molecule has 0 aliphatic rings. The van der Waals surface area contributed by atoms with E-state index in [0.29, 0.717) is 0 Å². The highest BCUT2D eigenvalue weighted by atomic mass is 16.2. The van der Waals surface area contributed by atoms with Crippen LogP contribution in [0.2, 0.25) is 0 Å². The number of rotatable bonds is 2. The number of aryl methyl sites for hydroxylation is 1. The summed E-state index contributed by atoms with van der Waals surface area (Å²) < 4.78 is 1.73. The zero-order valence-electron chi connectivity index (χ0n) is 9.77. The van der Waals surface area contributed by atoms with Crippen molar-refractivity contribution in [3.05, 3.63) is 36.7 Å². The van der Waals surface area contributed by atoms with Crippen LogP contribution in [0.1, 0.15) is 0 Å². The van der Waals surface area contributed by atoms with Crippen LogP contribution in [0.4, 0.5) is 10.5 Å². The molecule has 2 rings (SSSR count). The van der Waals surface area contributed by atoms with Crippen molar-refractivity contribution in [2.24, 2.45) is 7.05 Å². The van der Waals surface area contributed by atoms with Crippen LogP contribution in [0.15, 0.2) is 36.7 Å². The second-order valence-corrected chi connectivity index (χ2v) is 3.65. The van der Waals surface area contributed by atoms with E-state index in [9.17, 15) is 4.79 Å². The van der Waals surface area contributed by atoms with Crippen LogP contribution in [-0.2, 0) is 7.05 Å². The summed E-state index contributed by atoms with van der Waals surface area (Å²) >= 11 is 0. The van der Waals surface area contributed by atoms with Crippen molar-refractivity contribution in [1.29, 1.82) is 0 Å². The number of carbonyl (C=O) groups excluding carboxylic acids is 1. The third-order valence-electron chi connectivity index (χ3n) is 2.42. The molecule has 2 aromatic rings. The summed E-state index contributed by atoms with van der Waals surface area (Å²) in [7, 11) is 3.44. The Morgan fingerprint density at radius 2 is 2.12 bits per heavy atom. The molecule has 0 aliphatic heterocycles. The number of nitrogens with zero attached hydrogens (tertiary/aromatic N) is 2. The van der Waals surface area contributed by atoms with Crippen LogP contribution in [0.3, 0.4) is 0 Å². The molecular weight excluding hydrogens is 216 g/mol. The van der Waals surface area contributed by atoms with Crippen LogP contribution in [0.25, 0.3) is 11.1 Å². The Morgan fingerprint density at radius 3 is 2.76 bits per heavy atom. The van der Waals surface area contributed by atoms with Crippen molar-refractivity contribution < 1.29 is 4.79 Å². The topological polar surface area (TPSA) is 59.0 Å². The molecule has 0 spiro atoms. The summed E-state index contributed by atoms with van der Waals surface area (Å²) in [6, 6.07) is 7.38. The fourth-order valence-electron chi connectivity index (χ4n) is 1.59. The lowest BCUT2D eigenvalue weighted by Gasteiger charge is -2.08. The first-order valence-corrected chi connectivity index (χ1v) is 5.27. The van der Waals surface area contributed by atoms with Gasteiger partial charge in [0.2, 0.25) is 0 Å². The zero-order valence-corrected chi connectivity index (χ0v) is 9.77. The Bertz CT molecular complexity index is 533. The molecular formula is C12H14N4O. The van der Waals surface area contributed by atoms with Crippen molar-refractivity contribution in [1.82, 2.24) is 15.1 Å². The molecule has 0 unspecified atom stereocenters. The van der Waals surface area contributed by atoms with E-state index in [-0.39, 0.29) is 6.03 Å². The fourth-order valence-corrected chi connectivity index (χ4v) is 1.59. The molecule has 0 fully saturated rings. The predicted octanol–water partition coefficient (Wildman–Crippen LogP) is 1.84. The average Bonchev–Trinajstić information content (AvgIpc) is 2.76. The first-order chi connectivity index (χ1) is 8.20. The summed E-state index contributed by atoms with van der Waals surface area (Å²) in [6.07, 6.45) is 3.68. The summed E-state index contributed by atoms with van der Waals surface area (Å²) in [5, 5.41) is 9.43. The molecule has 0 aliphatic carbocycles.